The summed E-state index contributed by atoms with van der Waals surface area (Å²) in [7, 11) is 0. The first-order chi connectivity index (χ1) is 13.0. The lowest BCUT2D eigenvalue weighted by Gasteiger charge is -2.39. The fourth-order valence-corrected chi connectivity index (χ4v) is 3.26. The van der Waals surface area contributed by atoms with Gasteiger partial charge in [-0.3, -0.25) is 4.79 Å². The lowest BCUT2D eigenvalue weighted by atomic mass is 10.1. The van der Waals surface area contributed by atoms with E-state index >= 15 is 0 Å². The molecule has 1 aliphatic rings. The minimum atomic E-state index is -0.575. The van der Waals surface area contributed by atoms with Crippen molar-refractivity contribution in [3.63, 3.8) is 0 Å². The molecule has 0 spiro atoms. The minimum absolute atomic E-state index is 0.129. The van der Waals surface area contributed by atoms with Gasteiger partial charge in [0.25, 0.3) is 0 Å². The largest absolute Gasteiger partial charge is 0.494 e. The molecule has 1 atom stereocenters. The predicted molar refractivity (Wildman–Crippen MR) is 107 cm³/mol. The molecule has 1 N–H and O–H groups in total. The smallest absolute Gasteiger partial charge is 0.322 e. The van der Waals surface area contributed by atoms with Gasteiger partial charge in [-0.2, -0.15) is 0 Å². The number of carbonyl (C=O) groups is 2. The Hall–Kier alpha value is -2.73. The van der Waals surface area contributed by atoms with Crippen molar-refractivity contribution in [3.05, 3.63) is 53.6 Å². The van der Waals surface area contributed by atoms with Crippen LogP contribution in [0.25, 0.3) is 0 Å². The van der Waals surface area contributed by atoms with E-state index in [0.29, 0.717) is 30.4 Å². The average Bonchev–Trinajstić information content (AvgIpc) is 2.64. The molecule has 0 aromatic heterocycles. The second-order valence-electron chi connectivity index (χ2n) is 6.23. The van der Waals surface area contributed by atoms with Gasteiger partial charge in [-0.1, -0.05) is 23.7 Å². The monoisotopic (exact) mass is 387 g/mol. The molecule has 0 saturated carbocycles. The second-order valence-corrected chi connectivity index (χ2v) is 6.67. The summed E-state index contributed by atoms with van der Waals surface area (Å²) in [6, 6.07) is 13.5. The third-order valence-electron chi connectivity index (χ3n) is 4.43. The van der Waals surface area contributed by atoms with Crippen molar-refractivity contribution in [2.45, 2.75) is 19.9 Å². The highest BCUT2D eigenvalue weighted by Gasteiger charge is 2.35. The zero-order valence-corrected chi connectivity index (χ0v) is 16.1. The lowest BCUT2D eigenvalue weighted by molar-refractivity contribution is -0.123. The molecule has 7 heteroatoms. The van der Waals surface area contributed by atoms with E-state index in [1.807, 2.05) is 31.2 Å². The van der Waals surface area contributed by atoms with Crippen molar-refractivity contribution in [1.82, 2.24) is 4.90 Å². The number of benzene rings is 2. The molecule has 3 amide bonds. The van der Waals surface area contributed by atoms with Crippen LogP contribution >= 0.6 is 11.6 Å². The molecule has 1 heterocycles. The number of ether oxygens (including phenoxy) is 1. The first-order valence-corrected chi connectivity index (χ1v) is 9.25. The molecule has 142 valence electrons. The summed E-state index contributed by atoms with van der Waals surface area (Å²) in [4.78, 5) is 28.7. The number of urea groups is 1. The Morgan fingerprint density at radius 2 is 2.00 bits per heavy atom. The number of halogens is 1. The number of hydrogen-bond donors (Lipinski definition) is 1. The van der Waals surface area contributed by atoms with Crippen molar-refractivity contribution in [3.8, 4) is 5.75 Å². The number of hydrogen-bond acceptors (Lipinski definition) is 3. The Balaban J connectivity index is 1.70. The van der Waals surface area contributed by atoms with Crippen LogP contribution in [0, 0.1) is 0 Å². The van der Waals surface area contributed by atoms with Crippen molar-refractivity contribution in [2.24, 2.45) is 0 Å². The predicted octanol–water partition coefficient (Wildman–Crippen LogP) is 4.01. The van der Waals surface area contributed by atoms with Crippen LogP contribution in [0.5, 0.6) is 5.75 Å². The van der Waals surface area contributed by atoms with Gasteiger partial charge in [-0.15, -0.1) is 0 Å². The standard InChI is InChI=1S/C20H22ClN3O3/c1-3-27-18-9-5-8-17(13-18)24-11-10-23(14(2)19(24)25)20(26)22-16-7-4-6-15(21)12-16/h4-9,12-14H,3,10-11H2,1-2H3,(H,22,26). The van der Waals surface area contributed by atoms with Gasteiger partial charge >= 0.3 is 6.03 Å². The van der Waals surface area contributed by atoms with Gasteiger partial charge in [-0.25, -0.2) is 4.79 Å². The van der Waals surface area contributed by atoms with Gasteiger partial charge in [0.15, 0.2) is 0 Å². The highest BCUT2D eigenvalue weighted by Crippen LogP contribution is 2.25. The second kappa shape index (κ2) is 8.31. The van der Waals surface area contributed by atoms with Crippen LogP contribution in [0.2, 0.25) is 5.02 Å². The summed E-state index contributed by atoms with van der Waals surface area (Å²) >= 11 is 5.95. The summed E-state index contributed by atoms with van der Waals surface area (Å²) in [5.41, 5.74) is 1.37. The molecular formula is C20H22ClN3O3. The van der Waals surface area contributed by atoms with Gasteiger partial charge < -0.3 is 19.9 Å². The molecule has 0 radical (unpaired) electrons. The Kier molecular flexibility index (Phi) is 5.86. The topological polar surface area (TPSA) is 61.9 Å². The zero-order chi connectivity index (χ0) is 19.4. The van der Waals surface area contributed by atoms with Crippen LogP contribution in [0.4, 0.5) is 16.2 Å². The Labute approximate surface area is 163 Å². The lowest BCUT2D eigenvalue weighted by Crippen LogP contribution is -2.58. The van der Waals surface area contributed by atoms with Gasteiger partial charge in [0.05, 0.1) is 6.61 Å². The number of anilines is 2. The van der Waals surface area contributed by atoms with Crippen LogP contribution < -0.4 is 15.0 Å². The maximum absolute atomic E-state index is 12.9. The summed E-state index contributed by atoms with van der Waals surface area (Å²) in [5, 5.41) is 3.33. The third kappa shape index (κ3) is 4.34. The molecule has 0 bridgehead atoms. The maximum Gasteiger partial charge on any atom is 0.322 e. The van der Waals surface area contributed by atoms with Crippen LogP contribution in [0.15, 0.2) is 48.5 Å². The molecular weight excluding hydrogens is 366 g/mol. The highest BCUT2D eigenvalue weighted by atomic mass is 35.5. The van der Waals surface area contributed by atoms with Gasteiger partial charge in [-0.05, 0) is 44.2 Å². The minimum Gasteiger partial charge on any atom is -0.494 e. The average molecular weight is 388 g/mol. The molecule has 0 aliphatic carbocycles. The van der Waals surface area contributed by atoms with E-state index in [1.54, 1.807) is 36.1 Å². The quantitative estimate of drug-likeness (QED) is 0.862. The molecule has 1 saturated heterocycles. The number of piperazine rings is 1. The summed E-state index contributed by atoms with van der Waals surface area (Å²) < 4.78 is 5.51. The van der Waals surface area contributed by atoms with E-state index in [2.05, 4.69) is 5.32 Å². The van der Waals surface area contributed by atoms with E-state index in [-0.39, 0.29) is 11.9 Å². The third-order valence-corrected chi connectivity index (χ3v) is 4.67. The molecule has 6 nitrogen and oxygen atoms in total. The van der Waals surface area contributed by atoms with E-state index in [9.17, 15) is 9.59 Å². The molecule has 27 heavy (non-hydrogen) atoms. The van der Waals surface area contributed by atoms with E-state index < -0.39 is 6.04 Å². The van der Waals surface area contributed by atoms with Crippen molar-refractivity contribution in [1.29, 1.82) is 0 Å². The number of rotatable bonds is 4. The van der Waals surface area contributed by atoms with E-state index in [1.165, 1.54) is 4.90 Å². The number of carbonyl (C=O) groups excluding carboxylic acids is 2. The van der Waals surface area contributed by atoms with Crippen LogP contribution in [-0.4, -0.2) is 42.6 Å². The molecule has 2 aromatic carbocycles. The first kappa shape index (κ1) is 19.0. The first-order valence-electron chi connectivity index (χ1n) is 8.87. The van der Waals surface area contributed by atoms with Crippen LogP contribution in [-0.2, 0) is 4.79 Å². The van der Waals surface area contributed by atoms with E-state index in [4.69, 9.17) is 16.3 Å². The number of nitrogens with zero attached hydrogens (tertiary/aromatic N) is 2. The van der Waals surface area contributed by atoms with Gasteiger partial charge in [0.1, 0.15) is 11.8 Å². The van der Waals surface area contributed by atoms with Gasteiger partial charge in [0.2, 0.25) is 5.91 Å². The molecule has 1 aliphatic heterocycles. The van der Waals surface area contributed by atoms with Crippen molar-refractivity contribution >= 4 is 34.9 Å². The molecule has 2 aromatic rings. The summed E-state index contributed by atoms with van der Waals surface area (Å²) in [5.74, 6) is 0.590. The highest BCUT2D eigenvalue weighted by molar-refractivity contribution is 6.30. The van der Waals surface area contributed by atoms with Crippen molar-refractivity contribution in [2.75, 3.05) is 29.9 Å². The number of amides is 3. The molecule has 1 unspecified atom stereocenters. The normalized spacial score (nSPS) is 17.0. The Morgan fingerprint density at radius 3 is 2.74 bits per heavy atom. The Bertz CT molecular complexity index is 843. The number of nitrogens with one attached hydrogen (secondary N) is 1. The fraction of sp³-hybridized carbons (Fsp3) is 0.300. The maximum atomic E-state index is 12.9. The summed E-state index contributed by atoms with van der Waals surface area (Å²) in [6.07, 6.45) is 0. The zero-order valence-electron chi connectivity index (χ0n) is 15.3. The molecule has 3 rings (SSSR count). The van der Waals surface area contributed by atoms with Gasteiger partial charge in [0, 0.05) is 35.6 Å². The SMILES string of the molecule is CCOc1cccc(N2CCN(C(=O)Nc3cccc(Cl)c3)C(C)C2=O)c1. The Morgan fingerprint density at radius 1 is 1.22 bits per heavy atom. The fourth-order valence-electron chi connectivity index (χ4n) is 3.07. The summed E-state index contributed by atoms with van der Waals surface area (Å²) in [6.45, 7) is 5.06. The van der Waals surface area contributed by atoms with E-state index in [0.717, 1.165) is 11.4 Å². The van der Waals surface area contributed by atoms with Crippen molar-refractivity contribution < 1.29 is 14.3 Å². The molecule has 1 fully saturated rings. The van der Waals surface area contributed by atoms with Crippen LogP contribution in [0.3, 0.4) is 0 Å². The van der Waals surface area contributed by atoms with Crippen LogP contribution in [0.1, 0.15) is 13.8 Å².